The average molecular weight is 212 g/mol. The number of piperidine rings is 1. The van der Waals surface area contributed by atoms with Crippen LogP contribution in [0.4, 0.5) is 0 Å². The molecule has 0 amide bonds. The van der Waals surface area contributed by atoms with Crippen LogP contribution in [0.25, 0.3) is 0 Å². The molecular formula is C8H13NY-2. The zero-order valence-electron chi connectivity index (χ0n) is 6.22. The summed E-state index contributed by atoms with van der Waals surface area (Å²) in [5, 5.41) is 3.26. The van der Waals surface area contributed by atoms with E-state index < -0.39 is 0 Å². The van der Waals surface area contributed by atoms with Crippen LogP contribution in [0, 0.1) is 19.4 Å². The number of hydrogen-bond donors (Lipinski definition) is 1. The van der Waals surface area contributed by atoms with Crippen molar-refractivity contribution in [3.8, 4) is 0 Å². The van der Waals surface area contributed by atoms with E-state index in [0.29, 0.717) is 12.0 Å². The molecule has 0 aromatic carbocycles. The first-order chi connectivity index (χ1) is 4.34. The molecule has 1 aliphatic rings. The summed E-state index contributed by atoms with van der Waals surface area (Å²) >= 11 is 0. The van der Waals surface area contributed by atoms with E-state index in [0.717, 1.165) is 6.54 Å². The SMILES string of the molecule is [CH-]=CC1CCCNC1[CH2-].[Y]. The number of hydrogen-bond acceptors (Lipinski definition) is 1. The first kappa shape index (κ1) is 10.8. The number of nitrogens with one attached hydrogen (secondary N) is 1. The van der Waals surface area contributed by atoms with Gasteiger partial charge in [0.25, 0.3) is 0 Å². The summed E-state index contributed by atoms with van der Waals surface area (Å²) in [4.78, 5) is 0. The van der Waals surface area contributed by atoms with Crippen LogP contribution in [0.1, 0.15) is 12.8 Å². The fourth-order valence-corrected chi connectivity index (χ4v) is 1.21. The maximum absolute atomic E-state index is 5.39. The quantitative estimate of drug-likeness (QED) is 0.643. The van der Waals surface area contributed by atoms with Gasteiger partial charge in [-0.2, -0.15) is 0 Å². The van der Waals surface area contributed by atoms with Crippen molar-refractivity contribution in [2.24, 2.45) is 5.92 Å². The van der Waals surface area contributed by atoms with Gasteiger partial charge in [-0.05, 0) is 19.4 Å². The second-order valence-electron chi connectivity index (χ2n) is 2.56. The van der Waals surface area contributed by atoms with Crippen molar-refractivity contribution in [2.75, 3.05) is 6.54 Å². The molecule has 1 heterocycles. The van der Waals surface area contributed by atoms with Crippen LogP contribution < -0.4 is 5.32 Å². The third-order valence-electron chi connectivity index (χ3n) is 1.88. The third-order valence-corrected chi connectivity index (χ3v) is 1.88. The van der Waals surface area contributed by atoms with Crippen molar-refractivity contribution < 1.29 is 32.7 Å². The largest absolute Gasteiger partial charge is 0.518 e. The summed E-state index contributed by atoms with van der Waals surface area (Å²) in [5.74, 6) is 0.485. The first-order valence-corrected chi connectivity index (χ1v) is 3.46. The van der Waals surface area contributed by atoms with E-state index in [9.17, 15) is 0 Å². The normalized spacial score (nSPS) is 32.5. The molecule has 1 radical (unpaired) electrons. The molecule has 1 nitrogen and oxygen atoms in total. The van der Waals surface area contributed by atoms with E-state index in [-0.39, 0.29) is 32.7 Å². The molecule has 1 aliphatic heterocycles. The predicted octanol–water partition coefficient (Wildman–Crippen LogP) is 1.18. The Labute approximate surface area is 88.5 Å². The average Bonchev–Trinajstić information content (AvgIpc) is 1.89. The molecule has 1 saturated heterocycles. The van der Waals surface area contributed by atoms with Crippen LogP contribution in [0.2, 0.25) is 0 Å². The van der Waals surface area contributed by atoms with Gasteiger partial charge >= 0.3 is 0 Å². The minimum Gasteiger partial charge on any atom is -0.518 e. The minimum absolute atomic E-state index is 0. The van der Waals surface area contributed by atoms with Gasteiger partial charge in [0.15, 0.2) is 0 Å². The van der Waals surface area contributed by atoms with Gasteiger partial charge in [0, 0.05) is 32.7 Å². The van der Waals surface area contributed by atoms with Crippen molar-refractivity contribution in [3.63, 3.8) is 0 Å². The van der Waals surface area contributed by atoms with Gasteiger partial charge < -0.3 is 18.8 Å². The second-order valence-corrected chi connectivity index (χ2v) is 2.56. The van der Waals surface area contributed by atoms with Crippen LogP contribution >= 0.6 is 0 Å². The smallest absolute Gasteiger partial charge is 0 e. The Balaban J connectivity index is 0.000000810. The van der Waals surface area contributed by atoms with Crippen molar-refractivity contribution in [1.82, 2.24) is 5.32 Å². The van der Waals surface area contributed by atoms with E-state index in [4.69, 9.17) is 6.58 Å². The van der Waals surface area contributed by atoms with E-state index in [1.165, 1.54) is 12.8 Å². The minimum atomic E-state index is 0. The fourth-order valence-electron chi connectivity index (χ4n) is 1.21. The van der Waals surface area contributed by atoms with Gasteiger partial charge in [-0.15, -0.1) is 6.04 Å². The first-order valence-electron chi connectivity index (χ1n) is 3.46. The molecule has 1 rings (SSSR count). The van der Waals surface area contributed by atoms with Crippen molar-refractivity contribution in [1.29, 1.82) is 0 Å². The van der Waals surface area contributed by atoms with Gasteiger partial charge in [-0.1, -0.05) is 5.92 Å². The summed E-state index contributed by atoms with van der Waals surface area (Å²) < 4.78 is 0. The zero-order valence-corrected chi connectivity index (χ0v) is 9.05. The third kappa shape index (κ3) is 2.81. The molecule has 0 aromatic heterocycles. The second kappa shape index (κ2) is 5.45. The van der Waals surface area contributed by atoms with Crippen LogP contribution in [0.15, 0.2) is 6.08 Å². The zero-order chi connectivity index (χ0) is 6.69. The van der Waals surface area contributed by atoms with Gasteiger partial charge in [-0.3, -0.25) is 6.08 Å². The molecule has 2 unspecified atom stereocenters. The Morgan fingerprint density at radius 2 is 2.30 bits per heavy atom. The van der Waals surface area contributed by atoms with Gasteiger partial charge in [0.05, 0.1) is 0 Å². The Kier molecular flexibility index (Phi) is 5.89. The van der Waals surface area contributed by atoms with E-state index in [2.05, 4.69) is 12.2 Å². The van der Waals surface area contributed by atoms with E-state index in [1.54, 1.807) is 6.08 Å². The van der Waals surface area contributed by atoms with Crippen molar-refractivity contribution >= 4 is 0 Å². The molecule has 10 heavy (non-hydrogen) atoms. The molecule has 1 N–H and O–H groups in total. The Bertz CT molecular complexity index is 103. The van der Waals surface area contributed by atoms with Crippen LogP contribution in [0.3, 0.4) is 0 Å². The maximum atomic E-state index is 5.39. The van der Waals surface area contributed by atoms with Crippen LogP contribution in [-0.4, -0.2) is 12.6 Å². The maximum Gasteiger partial charge on any atom is 0 e. The Morgan fingerprint density at radius 3 is 2.70 bits per heavy atom. The van der Waals surface area contributed by atoms with Gasteiger partial charge in [0.2, 0.25) is 0 Å². The Morgan fingerprint density at radius 1 is 1.60 bits per heavy atom. The molecule has 0 bridgehead atoms. The molecule has 0 saturated carbocycles. The predicted molar refractivity (Wildman–Crippen MR) is 38.7 cm³/mol. The molecule has 2 atom stereocenters. The summed E-state index contributed by atoms with van der Waals surface area (Å²) in [5.41, 5.74) is 0. The molecule has 0 aliphatic carbocycles. The van der Waals surface area contributed by atoms with Crippen molar-refractivity contribution in [3.05, 3.63) is 19.6 Å². The fraction of sp³-hybridized carbons (Fsp3) is 0.625. The van der Waals surface area contributed by atoms with Gasteiger partial charge in [0.1, 0.15) is 0 Å². The van der Waals surface area contributed by atoms with Crippen molar-refractivity contribution in [2.45, 2.75) is 18.9 Å². The van der Waals surface area contributed by atoms with Gasteiger partial charge in [-0.25, -0.2) is 0 Å². The Hall–Kier alpha value is 0.804. The van der Waals surface area contributed by atoms with Crippen LogP contribution in [0.5, 0.6) is 0 Å². The molecule has 1 fully saturated rings. The monoisotopic (exact) mass is 212 g/mol. The van der Waals surface area contributed by atoms with E-state index in [1.807, 2.05) is 0 Å². The molecule has 0 aromatic rings. The van der Waals surface area contributed by atoms with E-state index >= 15 is 0 Å². The topological polar surface area (TPSA) is 12.0 Å². The molecule has 2 heteroatoms. The standard InChI is InChI=1S/C8H13N.Y/c1-3-8-5-4-6-9-7(8)2;/h1,3,7-9H,2,4-6H2;/q-2;. The summed E-state index contributed by atoms with van der Waals surface area (Å²) in [6, 6.07) is 0.337. The van der Waals surface area contributed by atoms with Crippen LogP contribution in [-0.2, 0) is 32.7 Å². The molecule has 0 spiro atoms. The number of rotatable bonds is 1. The molecule has 55 valence electrons. The summed E-state index contributed by atoms with van der Waals surface area (Å²) in [6.45, 7) is 10.4. The summed E-state index contributed by atoms with van der Waals surface area (Å²) in [7, 11) is 0. The summed E-state index contributed by atoms with van der Waals surface area (Å²) in [6.07, 6.45) is 4.17. The molecular weight excluding hydrogens is 199 g/mol.